The molecule has 3 nitrogen and oxygen atoms in total. The number of anilines is 1. The molecule has 0 fully saturated rings. The number of rotatable bonds is 4. The Morgan fingerprint density at radius 1 is 1.13 bits per heavy atom. The van der Waals surface area contributed by atoms with E-state index in [0.29, 0.717) is 12.1 Å². The van der Waals surface area contributed by atoms with Crippen LogP contribution in [0, 0.1) is 0 Å². The summed E-state index contributed by atoms with van der Waals surface area (Å²) in [6.07, 6.45) is 3.60. The second-order valence-electron chi connectivity index (χ2n) is 4.18. The molecule has 0 N–H and O–H groups in total. The average molecular weight is 208 g/mol. The molecule has 0 unspecified atom stereocenters. The number of hydrogen-bond acceptors (Lipinski definition) is 3. The topological polar surface area (TPSA) is 25.4 Å². The fraction of sp³-hybridized carbons (Fsp3) is 0.583. The summed E-state index contributed by atoms with van der Waals surface area (Å²) in [6, 6.07) is 2.94. The summed E-state index contributed by atoms with van der Waals surface area (Å²) in [4.78, 5) is 6.49. The lowest BCUT2D eigenvalue weighted by Crippen LogP contribution is -2.37. The highest BCUT2D eigenvalue weighted by molar-refractivity contribution is 5.49. The molecule has 1 rings (SSSR count). The molecule has 0 amide bonds. The van der Waals surface area contributed by atoms with Crippen LogP contribution in [0.25, 0.3) is 0 Å². The minimum Gasteiger partial charge on any atom is -0.495 e. The van der Waals surface area contributed by atoms with Crippen molar-refractivity contribution in [3.05, 3.63) is 18.5 Å². The molecule has 0 spiro atoms. The zero-order valence-electron chi connectivity index (χ0n) is 10.2. The molecule has 15 heavy (non-hydrogen) atoms. The third-order valence-electron chi connectivity index (χ3n) is 2.35. The molecule has 1 heterocycles. The van der Waals surface area contributed by atoms with Crippen molar-refractivity contribution >= 4 is 5.69 Å². The van der Waals surface area contributed by atoms with Crippen LogP contribution in [0.5, 0.6) is 5.75 Å². The highest BCUT2D eigenvalue weighted by atomic mass is 16.5. The Hall–Kier alpha value is -1.25. The second kappa shape index (κ2) is 5.01. The monoisotopic (exact) mass is 208 g/mol. The minimum atomic E-state index is 0.457. The first-order chi connectivity index (χ1) is 7.06. The van der Waals surface area contributed by atoms with Gasteiger partial charge in [-0.05, 0) is 27.7 Å². The van der Waals surface area contributed by atoms with E-state index in [1.54, 1.807) is 13.3 Å². The summed E-state index contributed by atoms with van der Waals surface area (Å²) in [5, 5.41) is 0. The van der Waals surface area contributed by atoms with E-state index < -0.39 is 0 Å². The first-order valence-corrected chi connectivity index (χ1v) is 5.33. The minimum absolute atomic E-state index is 0.457. The molecule has 0 aromatic carbocycles. The maximum Gasteiger partial charge on any atom is 0.139 e. The highest BCUT2D eigenvalue weighted by Crippen LogP contribution is 2.23. The molecule has 3 heteroatoms. The lowest BCUT2D eigenvalue weighted by Gasteiger charge is -2.32. The normalized spacial score (nSPS) is 10.9. The lowest BCUT2D eigenvalue weighted by molar-refractivity contribution is 0.412. The molecule has 0 bridgehead atoms. The van der Waals surface area contributed by atoms with Gasteiger partial charge in [0.2, 0.25) is 0 Å². The Morgan fingerprint density at radius 2 is 1.73 bits per heavy atom. The van der Waals surface area contributed by atoms with Gasteiger partial charge in [0.05, 0.1) is 25.2 Å². The number of methoxy groups -OCH3 is 1. The van der Waals surface area contributed by atoms with Gasteiger partial charge in [-0.1, -0.05) is 0 Å². The van der Waals surface area contributed by atoms with Crippen LogP contribution in [0.1, 0.15) is 27.7 Å². The van der Waals surface area contributed by atoms with Crippen LogP contribution in [-0.2, 0) is 0 Å². The summed E-state index contributed by atoms with van der Waals surface area (Å²) < 4.78 is 5.18. The van der Waals surface area contributed by atoms with Crippen molar-refractivity contribution in [2.45, 2.75) is 39.8 Å². The fourth-order valence-electron chi connectivity index (χ4n) is 1.85. The molecule has 0 saturated carbocycles. The maximum atomic E-state index is 5.18. The largest absolute Gasteiger partial charge is 0.495 e. The lowest BCUT2D eigenvalue weighted by atomic mass is 10.2. The molecule has 0 saturated heterocycles. The van der Waals surface area contributed by atoms with Gasteiger partial charge in [0.15, 0.2) is 0 Å². The fourth-order valence-corrected chi connectivity index (χ4v) is 1.85. The van der Waals surface area contributed by atoms with Crippen molar-refractivity contribution in [2.75, 3.05) is 12.0 Å². The van der Waals surface area contributed by atoms with Crippen LogP contribution in [-0.4, -0.2) is 24.2 Å². The summed E-state index contributed by atoms with van der Waals surface area (Å²) >= 11 is 0. The molecule has 0 atom stereocenters. The average Bonchev–Trinajstić information content (AvgIpc) is 2.17. The smallest absolute Gasteiger partial charge is 0.139 e. The Kier molecular flexibility index (Phi) is 3.95. The van der Waals surface area contributed by atoms with E-state index in [1.165, 1.54) is 0 Å². The van der Waals surface area contributed by atoms with E-state index in [1.807, 2.05) is 12.3 Å². The van der Waals surface area contributed by atoms with Crippen molar-refractivity contribution in [3.8, 4) is 5.75 Å². The Balaban J connectivity index is 3.00. The van der Waals surface area contributed by atoms with Gasteiger partial charge >= 0.3 is 0 Å². The van der Waals surface area contributed by atoms with Crippen LogP contribution in [0.15, 0.2) is 18.5 Å². The van der Waals surface area contributed by atoms with Crippen molar-refractivity contribution in [1.29, 1.82) is 0 Å². The van der Waals surface area contributed by atoms with Crippen LogP contribution in [0.4, 0.5) is 5.69 Å². The van der Waals surface area contributed by atoms with E-state index in [2.05, 4.69) is 37.6 Å². The van der Waals surface area contributed by atoms with Gasteiger partial charge in [-0.3, -0.25) is 4.98 Å². The van der Waals surface area contributed by atoms with Crippen molar-refractivity contribution < 1.29 is 4.74 Å². The number of ether oxygens (including phenoxy) is 1. The van der Waals surface area contributed by atoms with Crippen molar-refractivity contribution in [1.82, 2.24) is 4.98 Å². The van der Waals surface area contributed by atoms with E-state index in [4.69, 9.17) is 4.74 Å². The highest BCUT2D eigenvalue weighted by Gasteiger charge is 2.14. The maximum absolute atomic E-state index is 5.18. The van der Waals surface area contributed by atoms with Gasteiger partial charge in [0.1, 0.15) is 5.75 Å². The van der Waals surface area contributed by atoms with Gasteiger partial charge in [-0.25, -0.2) is 0 Å². The number of aromatic nitrogens is 1. The SMILES string of the molecule is COc1cncc(N(C(C)C)C(C)C)c1. The van der Waals surface area contributed by atoms with Crippen molar-refractivity contribution in [3.63, 3.8) is 0 Å². The Labute approximate surface area is 92.1 Å². The summed E-state index contributed by atoms with van der Waals surface area (Å²) in [6.45, 7) is 8.72. The molecule has 0 aliphatic rings. The predicted molar refractivity (Wildman–Crippen MR) is 63.5 cm³/mol. The molecular weight excluding hydrogens is 188 g/mol. The van der Waals surface area contributed by atoms with Gasteiger partial charge in [-0.15, -0.1) is 0 Å². The van der Waals surface area contributed by atoms with E-state index in [9.17, 15) is 0 Å². The van der Waals surface area contributed by atoms with Crippen LogP contribution < -0.4 is 9.64 Å². The quantitative estimate of drug-likeness (QED) is 0.760. The Morgan fingerprint density at radius 3 is 2.20 bits per heavy atom. The van der Waals surface area contributed by atoms with E-state index in [0.717, 1.165) is 11.4 Å². The molecule has 0 aliphatic carbocycles. The standard InChI is InChI=1S/C12H20N2O/c1-9(2)14(10(3)4)11-6-12(15-5)8-13-7-11/h6-10H,1-5H3. The molecule has 0 aliphatic heterocycles. The van der Waals surface area contributed by atoms with Crippen LogP contribution in [0.3, 0.4) is 0 Å². The zero-order valence-corrected chi connectivity index (χ0v) is 10.2. The molecule has 84 valence electrons. The third kappa shape index (κ3) is 2.85. The van der Waals surface area contributed by atoms with Gasteiger partial charge < -0.3 is 9.64 Å². The first kappa shape index (κ1) is 11.8. The van der Waals surface area contributed by atoms with Crippen LogP contribution in [0.2, 0.25) is 0 Å². The summed E-state index contributed by atoms with van der Waals surface area (Å²) in [5.41, 5.74) is 1.11. The third-order valence-corrected chi connectivity index (χ3v) is 2.35. The number of pyridine rings is 1. The summed E-state index contributed by atoms with van der Waals surface area (Å²) in [7, 11) is 1.66. The van der Waals surface area contributed by atoms with E-state index in [-0.39, 0.29) is 0 Å². The number of nitrogens with zero attached hydrogens (tertiary/aromatic N) is 2. The molecule has 0 radical (unpaired) electrons. The predicted octanol–water partition coefficient (Wildman–Crippen LogP) is 2.71. The van der Waals surface area contributed by atoms with Crippen LogP contribution >= 0.6 is 0 Å². The summed E-state index contributed by atoms with van der Waals surface area (Å²) in [5.74, 6) is 0.804. The zero-order chi connectivity index (χ0) is 11.4. The molecule has 1 aromatic heterocycles. The van der Waals surface area contributed by atoms with E-state index >= 15 is 0 Å². The molecule has 1 aromatic rings. The van der Waals surface area contributed by atoms with Gasteiger partial charge in [-0.2, -0.15) is 0 Å². The molecular formula is C12H20N2O. The van der Waals surface area contributed by atoms with Crippen molar-refractivity contribution in [2.24, 2.45) is 0 Å². The Bertz CT molecular complexity index is 302. The number of hydrogen-bond donors (Lipinski definition) is 0. The van der Waals surface area contributed by atoms with Gasteiger partial charge in [0.25, 0.3) is 0 Å². The second-order valence-corrected chi connectivity index (χ2v) is 4.18. The first-order valence-electron chi connectivity index (χ1n) is 5.33. The van der Waals surface area contributed by atoms with Gasteiger partial charge in [0, 0.05) is 18.2 Å².